The molecule has 0 fully saturated rings. The van der Waals surface area contributed by atoms with Crippen LogP contribution in [0.5, 0.6) is 5.75 Å². The van der Waals surface area contributed by atoms with E-state index in [2.05, 4.69) is 15.3 Å². The van der Waals surface area contributed by atoms with Crippen molar-refractivity contribution >= 4 is 33.6 Å². The van der Waals surface area contributed by atoms with Crippen LogP contribution in [0.3, 0.4) is 0 Å². The Morgan fingerprint density at radius 1 is 1.08 bits per heavy atom. The number of aromatic nitrogens is 2. The van der Waals surface area contributed by atoms with Gasteiger partial charge in [-0.15, -0.1) is 0 Å². The lowest BCUT2D eigenvalue weighted by molar-refractivity contribution is 0.415. The van der Waals surface area contributed by atoms with Crippen LogP contribution in [0, 0.1) is 0 Å². The third-order valence-electron chi connectivity index (χ3n) is 3.91. The molecule has 0 amide bonds. The molecule has 2 aromatic heterocycles. The smallest absolute Gasteiger partial charge is 0.196 e. The van der Waals surface area contributed by atoms with Crippen molar-refractivity contribution in [2.75, 3.05) is 12.4 Å². The monoisotopic (exact) mass is 319 g/mol. The van der Waals surface area contributed by atoms with Gasteiger partial charge in [-0.25, -0.2) is 9.97 Å². The van der Waals surface area contributed by atoms with Gasteiger partial charge in [-0.2, -0.15) is 0 Å². The second kappa shape index (κ2) is 5.85. The minimum atomic E-state index is 0.663. The van der Waals surface area contributed by atoms with Crippen LogP contribution in [-0.4, -0.2) is 17.1 Å². The summed E-state index contributed by atoms with van der Waals surface area (Å²) in [5, 5.41) is 4.33. The van der Waals surface area contributed by atoms with Gasteiger partial charge in [0.15, 0.2) is 11.4 Å². The number of benzene rings is 2. The maximum atomic E-state index is 5.99. The standard InChI is InChI=1S/C19H17N3O2/c1-3-16-21-17-14-9-4-5-10-15(14)24-18(17)19(22-16)20-12-7-6-8-13(11-12)23-2/h4-11H,3H2,1-2H3,(H,20,21,22). The number of furan rings is 1. The number of hydrogen-bond donors (Lipinski definition) is 1. The Morgan fingerprint density at radius 2 is 1.96 bits per heavy atom. The van der Waals surface area contributed by atoms with E-state index in [1.165, 1.54) is 0 Å². The molecule has 120 valence electrons. The van der Waals surface area contributed by atoms with Crippen molar-refractivity contribution < 1.29 is 9.15 Å². The topological polar surface area (TPSA) is 60.2 Å². The minimum absolute atomic E-state index is 0.663. The number of fused-ring (bicyclic) bond motifs is 3. The SMILES string of the molecule is CCc1nc(Nc2cccc(OC)c2)c2oc3ccccc3c2n1. The predicted molar refractivity (Wildman–Crippen MR) is 95.0 cm³/mol. The summed E-state index contributed by atoms with van der Waals surface area (Å²) in [6.45, 7) is 2.04. The van der Waals surface area contributed by atoms with Crippen LogP contribution >= 0.6 is 0 Å². The van der Waals surface area contributed by atoms with E-state index in [0.29, 0.717) is 11.4 Å². The predicted octanol–water partition coefficient (Wildman–Crippen LogP) is 4.69. The van der Waals surface area contributed by atoms with Crippen molar-refractivity contribution in [1.29, 1.82) is 0 Å². The molecule has 0 saturated heterocycles. The van der Waals surface area contributed by atoms with E-state index in [1.54, 1.807) is 7.11 Å². The molecule has 0 aliphatic rings. The lowest BCUT2D eigenvalue weighted by Gasteiger charge is -2.08. The molecule has 0 saturated carbocycles. The third kappa shape index (κ3) is 2.44. The maximum Gasteiger partial charge on any atom is 0.196 e. The number of ether oxygens (including phenoxy) is 1. The van der Waals surface area contributed by atoms with Gasteiger partial charge in [0, 0.05) is 23.6 Å². The summed E-state index contributed by atoms with van der Waals surface area (Å²) in [6.07, 6.45) is 0.752. The molecule has 0 aliphatic heterocycles. The average Bonchev–Trinajstić information content (AvgIpc) is 3.01. The van der Waals surface area contributed by atoms with Gasteiger partial charge in [0.25, 0.3) is 0 Å². The molecule has 0 atom stereocenters. The highest BCUT2D eigenvalue weighted by Crippen LogP contribution is 2.33. The van der Waals surface area contributed by atoms with Crippen LogP contribution in [0.1, 0.15) is 12.7 Å². The molecular formula is C19H17N3O2. The van der Waals surface area contributed by atoms with E-state index in [1.807, 2.05) is 55.5 Å². The first kappa shape index (κ1) is 14.5. The molecule has 5 nitrogen and oxygen atoms in total. The molecule has 0 unspecified atom stereocenters. The van der Waals surface area contributed by atoms with Gasteiger partial charge in [0.05, 0.1) is 7.11 Å². The van der Waals surface area contributed by atoms with Gasteiger partial charge in [0.2, 0.25) is 0 Å². The lowest BCUT2D eigenvalue weighted by Crippen LogP contribution is -2.00. The number of anilines is 2. The molecule has 24 heavy (non-hydrogen) atoms. The molecule has 0 aliphatic carbocycles. The second-order valence-corrected chi connectivity index (χ2v) is 5.47. The third-order valence-corrected chi connectivity index (χ3v) is 3.91. The molecule has 2 heterocycles. The van der Waals surface area contributed by atoms with Crippen LogP contribution in [0.2, 0.25) is 0 Å². The number of aryl methyl sites for hydroxylation is 1. The molecule has 5 heteroatoms. The number of nitrogens with zero attached hydrogens (tertiary/aromatic N) is 2. The first-order valence-corrected chi connectivity index (χ1v) is 7.87. The van der Waals surface area contributed by atoms with E-state index in [9.17, 15) is 0 Å². The maximum absolute atomic E-state index is 5.99. The van der Waals surface area contributed by atoms with Crippen LogP contribution in [-0.2, 0) is 6.42 Å². The minimum Gasteiger partial charge on any atom is -0.497 e. The fourth-order valence-corrected chi connectivity index (χ4v) is 2.72. The zero-order valence-electron chi connectivity index (χ0n) is 13.5. The van der Waals surface area contributed by atoms with E-state index in [0.717, 1.165) is 40.2 Å². The molecule has 0 spiro atoms. The first-order valence-electron chi connectivity index (χ1n) is 7.87. The highest BCUT2D eigenvalue weighted by molar-refractivity contribution is 6.06. The Labute approximate surface area is 139 Å². The van der Waals surface area contributed by atoms with E-state index >= 15 is 0 Å². The Kier molecular flexibility index (Phi) is 3.54. The summed E-state index contributed by atoms with van der Waals surface area (Å²) in [5.74, 6) is 2.23. The van der Waals surface area contributed by atoms with Gasteiger partial charge in [-0.05, 0) is 24.3 Å². The lowest BCUT2D eigenvalue weighted by atomic mass is 10.2. The van der Waals surface area contributed by atoms with Crippen LogP contribution < -0.4 is 10.1 Å². The Hall–Kier alpha value is -3.08. The van der Waals surface area contributed by atoms with Crippen molar-refractivity contribution in [2.45, 2.75) is 13.3 Å². The number of methoxy groups -OCH3 is 1. The van der Waals surface area contributed by atoms with Crippen LogP contribution in [0.15, 0.2) is 52.9 Å². The summed E-state index contributed by atoms with van der Waals surface area (Å²) >= 11 is 0. The van der Waals surface area contributed by atoms with E-state index < -0.39 is 0 Å². The fraction of sp³-hybridized carbons (Fsp3) is 0.158. The quantitative estimate of drug-likeness (QED) is 0.591. The van der Waals surface area contributed by atoms with Crippen LogP contribution in [0.4, 0.5) is 11.5 Å². The first-order chi connectivity index (χ1) is 11.8. The summed E-state index contributed by atoms with van der Waals surface area (Å²) in [5.41, 5.74) is 3.19. The zero-order valence-corrected chi connectivity index (χ0v) is 13.5. The Morgan fingerprint density at radius 3 is 2.79 bits per heavy atom. The molecule has 4 aromatic rings. The van der Waals surface area contributed by atoms with Gasteiger partial charge in [-0.3, -0.25) is 0 Å². The number of rotatable bonds is 4. The van der Waals surface area contributed by atoms with E-state index in [-0.39, 0.29) is 0 Å². The highest BCUT2D eigenvalue weighted by Gasteiger charge is 2.15. The van der Waals surface area contributed by atoms with Crippen molar-refractivity contribution in [3.63, 3.8) is 0 Å². The van der Waals surface area contributed by atoms with Crippen molar-refractivity contribution in [3.05, 3.63) is 54.4 Å². The largest absolute Gasteiger partial charge is 0.497 e. The summed E-state index contributed by atoms with van der Waals surface area (Å²) in [6, 6.07) is 15.6. The number of nitrogens with one attached hydrogen (secondary N) is 1. The van der Waals surface area contributed by atoms with Crippen molar-refractivity contribution in [2.24, 2.45) is 0 Å². The fourth-order valence-electron chi connectivity index (χ4n) is 2.72. The molecule has 0 bridgehead atoms. The van der Waals surface area contributed by atoms with Gasteiger partial charge in [-0.1, -0.05) is 25.1 Å². The normalized spacial score (nSPS) is 11.1. The Bertz CT molecular complexity index is 1020. The summed E-state index contributed by atoms with van der Waals surface area (Å²) in [7, 11) is 1.65. The molecule has 4 rings (SSSR count). The number of hydrogen-bond acceptors (Lipinski definition) is 5. The highest BCUT2D eigenvalue weighted by atomic mass is 16.5. The van der Waals surface area contributed by atoms with Gasteiger partial charge in [0.1, 0.15) is 22.7 Å². The molecule has 2 aromatic carbocycles. The molecular weight excluding hydrogens is 302 g/mol. The average molecular weight is 319 g/mol. The van der Waals surface area contributed by atoms with E-state index in [4.69, 9.17) is 9.15 Å². The molecule has 0 radical (unpaired) electrons. The molecule has 1 N–H and O–H groups in total. The Balaban J connectivity index is 1.89. The zero-order chi connectivity index (χ0) is 16.5. The summed E-state index contributed by atoms with van der Waals surface area (Å²) < 4.78 is 11.3. The van der Waals surface area contributed by atoms with Gasteiger partial charge < -0.3 is 14.5 Å². The number of para-hydroxylation sites is 1. The second-order valence-electron chi connectivity index (χ2n) is 5.47. The summed E-state index contributed by atoms with van der Waals surface area (Å²) in [4.78, 5) is 9.26. The van der Waals surface area contributed by atoms with Crippen molar-refractivity contribution in [1.82, 2.24) is 9.97 Å². The van der Waals surface area contributed by atoms with Gasteiger partial charge >= 0.3 is 0 Å². The van der Waals surface area contributed by atoms with Crippen molar-refractivity contribution in [3.8, 4) is 5.75 Å². The van der Waals surface area contributed by atoms with Crippen LogP contribution in [0.25, 0.3) is 22.1 Å².